The highest BCUT2D eigenvalue weighted by atomic mass is 32.2. The molecule has 1 heterocycles. The van der Waals surface area contributed by atoms with Gasteiger partial charge >= 0.3 is 0 Å². The molecule has 116 valence electrons. The molecule has 1 fully saturated rings. The van der Waals surface area contributed by atoms with Crippen LogP contribution >= 0.6 is 0 Å². The van der Waals surface area contributed by atoms with Gasteiger partial charge in [0.2, 0.25) is 0 Å². The Morgan fingerprint density at radius 1 is 1.29 bits per heavy atom. The van der Waals surface area contributed by atoms with E-state index in [2.05, 4.69) is 0 Å². The summed E-state index contributed by atoms with van der Waals surface area (Å²) in [6, 6.07) is 6.10. The lowest BCUT2D eigenvalue weighted by Gasteiger charge is -2.38. The summed E-state index contributed by atoms with van der Waals surface area (Å²) in [6.07, 6.45) is 4.14. The van der Waals surface area contributed by atoms with E-state index in [1.54, 1.807) is 12.1 Å². The number of likely N-dealkylation sites (tertiary alicyclic amines) is 1. The van der Waals surface area contributed by atoms with E-state index in [-0.39, 0.29) is 22.9 Å². The van der Waals surface area contributed by atoms with Crippen molar-refractivity contribution in [2.45, 2.75) is 43.2 Å². The Labute approximate surface area is 126 Å². The van der Waals surface area contributed by atoms with Crippen molar-refractivity contribution in [1.29, 1.82) is 0 Å². The number of amides is 1. The number of piperidine rings is 1. The molecular weight excluding hydrogens is 288 g/mol. The van der Waals surface area contributed by atoms with Gasteiger partial charge in [-0.15, -0.1) is 0 Å². The molecule has 1 saturated heterocycles. The molecule has 0 spiro atoms. The van der Waals surface area contributed by atoms with Crippen LogP contribution in [0.3, 0.4) is 0 Å². The summed E-state index contributed by atoms with van der Waals surface area (Å²) in [4.78, 5) is 14.6. The molecule has 1 aliphatic heterocycles. The number of hydrogen-bond donors (Lipinski definition) is 1. The largest absolute Gasteiger partial charge is 0.334 e. The molecule has 21 heavy (non-hydrogen) atoms. The molecule has 2 atom stereocenters. The van der Waals surface area contributed by atoms with Crippen molar-refractivity contribution < 1.29 is 13.2 Å². The lowest BCUT2D eigenvalue weighted by atomic mass is 9.96. The molecule has 0 aromatic heterocycles. The van der Waals surface area contributed by atoms with Crippen LogP contribution in [0.25, 0.3) is 0 Å². The summed E-state index contributed by atoms with van der Waals surface area (Å²) in [5.74, 6) is -0.0722. The molecule has 2 N–H and O–H groups in total. The van der Waals surface area contributed by atoms with Gasteiger partial charge in [-0.05, 0) is 50.5 Å². The van der Waals surface area contributed by atoms with Crippen LogP contribution in [-0.2, 0) is 9.84 Å². The topological polar surface area (TPSA) is 80.5 Å². The third-order valence-electron chi connectivity index (χ3n) is 3.95. The minimum absolute atomic E-state index is 0.0563. The van der Waals surface area contributed by atoms with E-state index in [4.69, 9.17) is 5.73 Å². The average Bonchev–Trinajstić information content (AvgIpc) is 2.45. The Hall–Kier alpha value is -1.40. The van der Waals surface area contributed by atoms with Crippen LogP contribution in [0.15, 0.2) is 29.2 Å². The number of nitrogens with zero attached hydrogens (tertiary/aromatic N) is 1. The van der Waals surface area contributed by atoms with Gasteiger partial charge in [0.1, 0.15) is 0 Å². The fourth-order valence-electron chi connectivity index (χ4n) is 2.77. The molecular formula is C15H22N2O3S. The van der Waals surface area contributed by atoms with Crippen LogP contribution < -0.4 is 5.73 Å². The summed E-state index contributed by atoms with van der Waals surface area (Å²) < 4.78 is 22.9. The molecule has 5 nitrogen and oxygen atoms in total. The van der Waals surface area contributed by atoms with Crippen LogP contribution in [0.5, 0.6) is 0 Å². The maximum atomic E-state index is 12.6. The Morgan fingerprint density at radius 2 is 1.90 bits per heavy atom. The van der Waals surface area contributed by atoms with E-state index in [1.807, 2.05) is 11.8 Å². The van der Waals surface area contributed by atoms with Crippen molar-refractivity contribution in [3.63, 3.8) is 0 Å². The monoisotopic (exact) mass is 310 g/mol. The SMILES string of the molecule is CC(N)C1CCCCN1C(=O)c1ccc(S(C)(=O)=O)cc1. The van der Waals surface area contributed by atoms with Crippen LogP contribution in [0, 0.1) is 0 Å². The number of benzene rings is 1. The summed E-state index contributed by atoms with van der Waals surface area (Å²) in [5, 5.41) is 0. The standard InChI is InChI=1S/C15H22N2O3S/c1-11(16)14-5-3-4-10-17(14)15(18)12-6-8-13(9-7-12)21(2,19)20/h6-9,11,14H,3-5,10,16H2,1-2H3. The third kappa shape index (κ3) is 3.63. The first-order chi connectivity index (χ1) is 9.80. The maximum absolute atomic E-state index is 12.6. The minimum Gasteiger partial charge on any atom is -0.334 e. The van der Waals surface area contributed by atoms with Gasteiger partial charge in [-0.1, -0.05) is 0 Å². The van der Waals surface area contributed by atoms with Crippen molar-refractivity contribution in [1.82, 2.24) is 4.90 Å². The van der Waals surface area contributed by atoms with Crippen LogP contribution in [0.4, 0.5) is 0 Å². The number of nitrogens with two attached hydrogens (primary N) is 1. The molecule has 1 aromatic rings. The Bertz CT molecular complexity index is 608. The van der Waals surface area contributed by atoms with Gasteiger partial charge in [0, 0.05) is 30.4 Å². The first kappa shape index (κ1) is 16.0. The molecule has 0 bridgehead atoms. The lowest BCUT2D eigenvalue weighted by Crippen LogP contribution is -2.51. The molecule has 0 aliphatic carbocycles. The van der Waals surface area contributed by atoms with Crippen LogP contribution in [-0.4, -0.2) is 44.1 Å². The minimum atomic E-state index is -3.24. The Morgan fingerprint density at radius 3 is 2.43 bits per heavy atom. The van der Waals surface area contributed by atoms with Crippen molar-refractivity contribution in [3.05, 3.63) is 29.8 Å². The summed E-state index contributed by atoms with van der Waals surface area (Å²) >= 11 is 0. The first-order valence-electron chi connectivity index (χ1n) is 7.17. The molecule has 1 aromatic carbocycles. The van der Waals surface area contributed by atoms with Gasteiger partial charge in [-0.3, -0.25) is 4.79 Å². The van der Waals surface area contributed by atoms with Crippen LogP contribution in [0.1, 0.15) is 36.5 Å². The molecule has 2 rings (SSSR count). The number of rotatable bonds is 3. The molecule has 0 radical (unpaired) electrons. The predicted octanol–water partition coefficient (Wildman–Crippen LogP) is 1.43. The van der Waals surface area contributed by atoms with E-state index >= 15 is 0 Å². The van der Waals surface area contributed by atoms with Gasteiger partial charge in [0.25, 0.3) is 5.91 Å². The van der Waals surface area contributed by atoms with Crippen molar-refractivity contribution >= 4 is 15.7 Å². The number of sulfone groups is 1. The van der Waals surface area contributed by atoms with Crippen molar-refractivity contribution in [2.24, 2.45) is 5.73 Å². The zero-order valence-electron chi connectivity index (χ0n) is 12.5. The molecule has 1 amide bonds. The van der Waals surface area contributed by atoms with Gasteiger partial charge in [0.15, 0.2) is 9.84 Å². The maximum Gasteiger partial charge on any atom is 0.254 e. The molecule has 1 aliphatic rings. The molecule has 6 heteroatoms. The molecule has 0 saturated carbocycles. The van der Waals surface area contributed by atoms with E-state index in [0.717, 1.165) is 25.5 Å². The summed E-state index contributed by atoms with van der Waals surface area (Å²) in [7, 11) is -3.24. The summed E-state index contributed by atoms with van der Waals surface area (Å²) in [5.41, 5.74) is 6.49. The second-order valence-electron chi connectivity index (χ2n) is 5.72. The zero-order valence-corrected chi connectivity index (χ0v) is 13.3. The van der Waals surface area contributed by atoms with Gasteiger partial charge in [0.05, 0.1) is 4.90 Å². The quantitative estimate of drug-likeness (QED) is 0.916. The molecule has 2 unspecified atom stereocenters. The highest BCUT2D eigenvalue weighted by Crippen LogP contribution is 2.22. The Kier molecular flexibility index (Phi) is 4.68. The van der Waals surface area contributed by atoms with E-state index in [1.165, 1.54) is 12.1 Å². The van der Waals surface area contributed by atoms with E-state index in [0.29, 0.717) is 12.1 Å². The predicted molar refractivity (Wildman–Crippen MR) is 81.9 cm³/mol. The Balaban J connectivity index is 2.22. The fraction of sp³-hybridized carbons (Fsp3) is 0.533. The van der Waals surface area contributed by atoms with Gasteiger partial charge < -0.3 is 10.6 Å². The third-order valence-corrected chi connectivity index (χ3v) is 5.07. The van der Waals surface area contributed by atoms with Gasteiger partial charge in [-0.25, -0.2) is 8.42 Å². The number of hydrogen-bond acceptors (Lipinski definition) is 4. The number of carbonyl (C=O) groups is 1. The highest BCUT2D eigenvalue weighted by Gasteiger charge is 2.29. The van der Waals surface area contributed by atoms with Crippen molar-refractivity contribution in [3.8, 4) is 0 Å². The van der Waals surface area contributed by atoms with E-state index in [9.17, 15) is 13.2 Å². The lowest BCUT2D eigenvalue weighted by molar-refractivity contribution is 0.0583. The van der Waals surface area contributed by atoms with Gasteiger partial charge in [-0.2, -0.15) is 0 Å². The number of carbonyl (C=O) groups excluding carboxylic acids is 1. The summed E-state index contributed by atoms with van der Waals surface area (Å²) in [6.45, 7) is 2.63. The van der Waals surface area contributed by atoms with E-state index < -0.39 is 9.84 Å². The zero-order chi connectivity index (χ0) is 15.6. The first-order valence-corrected chi connectivity index (χ1v) is 9.06. The fourth-order valence-corrected chi connectivity index (χ4v) is 3.40. The average molecular weight is 310 g/mol. The second-order valence-corrected chi connectivity index (χ2v) is 7.73. The van der Waals surface area contributed by atoms with Crippen molar-refractivity contribution in [2.75, 3.05) is 12.8 Å². The second kappa shape index (κ2) is 6.15. The van der Waals surface area contributed by atoms with Crippen LogP contribution in [0.2, 0.25) is 0 Å². The highest BCUT2D eigenvalue weighted by molar-refractivity contribution is 7.90. The normalized spacial score (nSPS) is 21.1. The smallest absolute Gasteiger partial charge is 0.254 e.